The van der Waals surface area contributed by atoms with Crippen LogP contribution in [0.4, 0.5) is 0 Å². The Kier molecular flexibility index (Phi) is 3.61. The molecule has 112 valence electrons. The topological polar surface area (TPSA) is 60.4 Å². The zero-order valence-electron chi connectivity index (χ0n) is 11.9. The maximum Gasteiger partial charge on any atom is 0.182 e. The van der Waals surface area contributed by atoms with E-state index < -0.39 is 15.9 Å². The third kappa shape index (κ3) is 2.62. The summed E-state index contributed by atoms with van der Waals surface area (Å²) in [6.07, 6.45) is 1.63. The Morgan fingerprint density at radius 1 is 1.19 bits per heavy atom. The largest absolute Gasteiger partial charge is 0.493 e. The van der Waals surface area contributed by atoms with Crippen LogP contribution in [-0.4, -0.2) is 26.1 Å². The van der Waals surface area contributed by atoms with Gasteiger partial charge in [-0.2, -0.15) is 0 Å². The second-order valence-corrected chi connectivity index (χ2v) is 7.69. The maximum absolute atomic E-state index is 12.4. The Morgan fingerprint density at radius 2 is 1.90 bits per heavy atom. The maximum atomic E-state index is 12.4. The number of benzene rings is 1. The van der Waals surface area contributed by atoms with Gasteiger partial charge in [0.1, 0.15) is 11.9 Å². The van der Waals surface area contributed by atoms with Crippen LogP contribution in [0, 0.1) is 5.92 Å². The van der Waals surface area contributed by atoms with Crippen molar-refractivity contribution in [3.63, 3.8) is 0 Å². The second kappa shape index (κ2) is 5.30. The molecule has 1 aliphatic heterocycles. The van der Waals surface area contributed by atoms with Crippen LogP contribution >= 0.6 is 0 Å². The average molecular weight is 306 g/mol. The van der Waals surface area contributed by atoms with Crippen molar-refractivity contribution in [1.29, 1.82) is 0 Å². The number of hydrogen-bond donors (Lipinski definition) is 0. The third-order valence-corrected chi connectivity index (χ3v) is 5.96. The van der Waals surface area contributed by atoms with Crippen LogP contribution in [-0.2, 0) is 19.4 Å². The Labute approximate surface area is 124 Å². The number of carbonyl (C=O) groups is 1. The Hall–Kier alpha value is -1.62. The zero-order chi connectivity index (χ0) is 15.0. The molecule has 0 radical (unpaired) electrons. The lowest BCUT2D eigenvalue weighted by Gasteiger charge is -2.17. The highest BCUT2D eigenvalue weighted by Gasteiger charge is 2.40. The van der Waals surface area contributed by atoms with Crippen molar-refractivity contribution in [2.45, 2.75) is 37.2 Å². The van der Waals surface area contributed by atoms with E-state index >= 15 is 0 Å². The van der Waals surface area contributed by atoms with E-state index in [0.717, 1.165) is 18.4 Å². The first-order valence-corrected chi connectivity index (χ1v) is 8.85. The van der Waals surface area contributed by atoms with Crippen molar-refractivity contribution in [3.8, 4) is 0 Å². The molecule has 1 aromatic carbocycles. The number of allylic oxidation sites excluding steroid dienone is 1. The lowest BCUT2D eigenvalue weighted by atomic mass is 9.88. The molecule has 0 bridgehead atoms. The van der Waals surface area contributed by atoms with Gasteiger partial charge in [0.25, 0.3) is 0 Å². The van der Waals surface area contributed by atoms with E-state index in [-0.39, 0.29) is 17.5 Å². The van der Waals surface area contributed by atoms with Crippen LogP contribution in [0.2, 0.25) is 0 Å². The first kappa shape index (κ1) is 14.3. The molecule has 0 saturated carbocycles. The molecule has 21 heavy (non-hydrogen) atoms. The highest BCUT2D eigenvalue weighted by Crippen LogP contribution is 2.39. The summed E-state index contributed by atoms with van der Waals surface area (Å²) in [5, 5.41) is 0. The molecule has 0 aromatic heterocycles. The second-order valence-electron chi connectivity index (χ2n) is 5.65. The van der Waals surface area contributed by atoms with Crippen molar-refractivity contribution in [1.82, 2.24) is 0 Å². The lowest BCUT2D eigenvalue weighted by Crippen LogP contribution is -2.27. The van der Waals surface area contributed by atoms with Gasteiger partial charge in [-0.3, -0.25) is 4.79 Å². The van der Waals surface area contributed by atoms with Gasteiger partial charge in [0, 0.05) is 24.3 Å². The van der Waals surface area contributed by atoms with E-state index in [1.165, 1.54) is 0 Å². The van der Waals surface area contributed by atoms with Gasteiger partial charge in [0.15, 0.2) is 15.6 Å². The zero-order valence-corrected chi connectivity index (χ0v) is 12.7. The quantitative estimate of drug-likeness (QED) is 0.861. The molecule has 0 amide bonds. The predicted octanol–water partition coefficient (Wildman–Crippen LogP) is 2.50. The molecule has 0 spiro atoms. The van der Waals surface area contributed by atoms with Crippen molar-refractivity contribution in [2.24, 2.45) is 5.92 Å². The monoisotopic (exact) mass is 306 g/mol. The van der Waals surface area contributed by atoms with Gasteiger partial charge in [-0.05, 0) is 18.6 Å². The molecule has 5 heteroatoms. The summed E-state index contributed by atoms with van der Waals surface area (Å²) in [6, 6.07) is 8.38. The van der Waals surface area contributed by atoms with Crippen LogP contribution in [0.15, 0.2) is 46.6 Å². The minimum atomic E-state index is -3.40. The Bertz CT molecular complexity index is 688. The number of rotatable bonds is 3. The fourth-order valence-electron chi connectivity index (χ4n) is 3.05. The highest BCUT2D eigenvalue weighted by molar-refractivity contribution is 7.91. The SMILES string of the molecule is C[C@H]1C2=C(CCCC2=O)O[C@@H]1CS(=O)(=O)c1ccccc1. The van der Waals surface area contributed by atoms with E-state index in [4.69, 9.17) is 4.74 Å². The van der Waals surface area contributed by atoms with Gasteiger partial charge in [-0.15, -0.1) is 0 Å². The third-order valence-electron chi connectivity index (χ3n) is 4.20. The summed E-state index contributed by atoms with van der Waals surface area (Å²) in [5.41, 5.74) is 0.717. The molecule has 1 aliphatic carbocycles. The number of ketones is 1. The fourth-order valence-corrected chi connectivity index (χ4v) is 4.61. The Morgan fingerprint density at radius 3 is 2.57 bits per heavy atom. The molecular formula is C16H18O4S. The molecule has 0 saturated heterocycles. The van der Waals surface area contributed by atoms with Crippen LogP contribution in [0.5, 0.6) is 0 Å². The van der Waals surface area contributed by atoms with E-state index in [1.807, 2.05) is 6.92 Å². The number of Topliss-reactive ketones (excluding diaryl/α,β-unsaturated/α-hetero) is 1. The van der Waals surface area contributed by atoms with Crippen molar-refractivity contribution in [2.75, 3.05) is 5.75 Å². The van der Waals surface area contributed by atoms with Crippen LogP contribution < -0.4 is 0 Å². The first-order valence-electron chi connectivity index (χ1n) is 7.20. The van der Waals surface area contributed by atoms with E-state index in [1.54, 1.807) is 30.3 Å². The lowest BCUT2D eigenvalue weighted by molar-refractivity contribution is -0.116. The number of ether oxygens (including phenoxy) is 1. The first-order chi connectivity index (χ1) is 9.99. The molecular weight excluding hydrogens is 288 g/mol. The number of carbonyl (C=O) groups excluding carboxylic acids is 1. The van der Waals surface area contributed by atoms with Crippen molar-refractivity contribution < 1.29 is 17.9 Å². The molecule has 2 aliphatic rings. The molecule has 2 atom stereocenters. The number of hydrogen-bond acceptors (Lipinski definition) is 4. The molecule has 1 heterocycles. The predicted molar refractivity (Wildman–Crippen MR) is 78.4 cm³/mol. The van der Waals surface area contributed by atoms with Crippen LogP contribution in [0.1, 0.15) is 26.2 Å². The van der Waals surface area contributed by atoms with Crippen molar-refractivity contribution >= 4 is 15.6 Å². The van der Waals surface area contributed by atoms with E-state index in [2.05, 4.69) is 0 Å². The van der Waals surface area contributed by atoms with Gasteiger partial charge >= 0.3 is 0 Å². The van der Waals surface area contributed by atoms with Gasteiger partial charge in [0.05, 0.1) is 10.6 Å². The summed E-state index contributed by atoms with van der Waals surface area (Å²) in [5.74, 6) is 0.597. The highest BCUT2D eigenvalue weighted by atomic mass is 32.2. The van der Waals surface area contributed by atoms with Gasteiger partial charge in [-0.25, -0.2) is 8.42 Å². The molecule has 0 N–H and O–H groups in total. The van der Waals surface area contributed by atoms with Crippen molar-refractivity contribution in [3.05, 3.63) is 41.7 Å². The smallest absolute Gasteiger partial charge is 0.182 e. The van der Waals surface area contributed by atoms with E-state index in [9.17, 15) is 13.2 Å². The minimum Gasteiger partial charge on any atom is -0.493 e. The molecule has 0 unspecified atom stereocenters. The summed E-state index contributed by atoms with van der Waals surface area (Å²) >= 11 is 0. The van der Waals surface area contributed by atoms with Gasteiger partial charge in [-0.1, -0.05) is 25.1 Å². The summed E-state index contributed by atoms with van der Waals surface area (Å²) < 4.78 is 30.7. The Balaban J connectivity index is 1.80. The molecule has 1 aromatic rings. The standard InChI is InChI=1S/C16H18O4S/c1-11-15(20-14-9-5-8-13(17)16(11)14)10-21(18,19)12-6-3-2-4-7-12/h2-4,6-7,11,15H,5,8-10H2,1H3/t11-,15-/m1/s1. The summed E-state index contributed by atoms with van der Waals surface area (Å²) in [6.45, 7) is 1.89. The number of sulfone groups is 1. The summed E-state index contributed by atoms with van der Waals surface area (Å²) in [7, 11) is -3.40. The van der Waals surface area contributed by atoms with E-state index in [0.29, 0.717) is 17.1 Å². The molecule has 3 rings (SSSR count). The van der Waals surface area contributed by atoms with Crippen LogP contribution in [0.25, 0.3) is 0 Å². The average Bonchev–Trinajstić information content (AvgIpc) is 2.77. The molecule has 4 nitrogen and oxygen atoms in total. The van der Waals surface area contributed by atoms with Crippen LogP contribution in [0.3, 0.4) is 0 Å². The fraction of sp³-hybridized carbons (Fsp3) is 0.438. The van der Waals surface area contributed by atoms with Gasteiger partial charge < -0.3 is 4.74 Å². The normalized spacial score (nSPS) is 25.7. The van der Waals surface area contributed by atoms with Gasteiger partial charge in [0.2, 0.25) is 0 Å². The summed E-state index contributed by atoms with van der Waals surface area (Å²) in [4.78, 5) is 12.3. The molecule has 0 fully saturated rings. The minimum absolute atomic E-state index is 0.0849.